The van der Waals surface area contributed by atoms with Gasteiger partial charge in [0, 0.05) is 42.1 Å². The largest absolute Gasteiger partial charge is 0.497 e. The molecule has 260 valence electrons. The van der Waals surface area contributed by atoms with Gasteiger partial charge in [0.1, 0.15) is 35.3 Å². The normalized spacial score (nSPS) is 17.6. The van der Waals surface area contributed by atoms with Crippen LogP contribution in [0.4, 0.5) is 4.79 Å². The third-order valence-electron chi connectivity index (χ3n) is 8.27. The van der Waals surface area contributed by atoms with Crippen LogP contribution >= 0.6 is 0 Å². The first-order chi connectivity index (χ1) is 22.8. The molecule has 4 atom stereocenters. The van der Waals surface area contributed by atoms with Crippen molar-refractivity contribution >= 4 is 28.9 Å². The van der Waals surface area contributed by atoms with E-state index in [0.717, 1.165) is 28.6 Å². The van der Waals surface area contributed by atoms with Crippen molar-refractivity contribution in [3.05, 3.63) is 54.6 Å². The number of ether oxygens (including phenoxy) is 4. The highest BCUT2D eigenvalue weighted by Gasteiger charge is 2.41. The van der Waals surface area contributed by atoms with Gasteiger partial charge in [-0.3, -0.25) is 9.59 Å². The Morgan fingerprint density at radius 3 is 2.40 bits per heavy atom. The van der Waals surface area contributed by atoms with Crippen molar-refractivity contribution in [2.75, 3.05) is 27.3 Å². The molecule has 2 N–H and O–H groups in total. The van der Waals surface area contributed by atoms with Gasteiger partial charge in [0.15, 0.2) is 0 Å². The number of hydrogen-bond donors (Lipinski definition) is 2. The second-order valence-electron chi connectivity index (χ2n) is 13.5. The van der Waals surface area contributed by atoms with Gasteiger partial charge in [-0.25, -0.2) is 9.78 Å². The van der Waals surface area contributed by atoms with Crippen LogP contribution in [-0.2, 0) is 19.1 Å². The summed E-state index contributed by atoms with van der Waals surface area (Å²) in [5.41, 5.74) is 1.69. The highest BCUT2D eigenvalue weighted by molar-refractivity contribution is 5.89. The first-order valence-electron chi connectivity index (χ1n) is 16.7. The molecule has 4 rings (SSSR count). The van der Waals surface area contributed by atoms with E-state index in [9.17, 15) is 14.4 Å². The lowest BCUT2D eigenvalue weighted by Gasteiger charge is -2.32. The van der Waals surface area contributed by atoms with E-state index >= 15 is 0 Å². The number of fused-ring (bicyclic) bond motifs is 1. The quantitative estimate of drug-likeness (QED) is 0.220. The number of amides is 2. The second kappa shape index (κ2) is 16.1. The molecule has 1 aliphatic heterocycles. The molecule has 2 heterocycles. The van der Waals surface area contributed by atoms with E-state index in [-0.39, 0.29) is 36.5 Å². The third-order valence-corrected chi connectivity index (χ3v) is 8.27. The van der Waals surface area contributed by atoms with Crippen LogP contribution in [0.2, 0.25) is 0 Å². The van der Waals surface area contributed by atoms with Gasteiger partial charge in [0.2, 0.25) is 5.91 Å². The van der Waals surface area contributed by atoms with Gasteiger partial charge in [-0.05, 0) is 45.2 Å². The Morgan fingerprint density at radius 2 is 1.77 bits per heavy atom. The van der Waals surface area contributed by atoms with Crippen LogP contribution in [0.15, 0.2) is 54.6 Å². The van der Waals surface area contributed by atoms with Gasteiger partial charge in [0.05, 0.1) is 32.0 Å². The summed E-state index contributed by atoms with van der Waals surface area (Å²) in [7, 11) is 2.99. The number of carbonyl (C=O) groups excluding carboxylic acids is 3. The van der Waals surface area contributed by atoms with E-state index in [1.54, 1.807) is 32.8 Å². The summed E-state index contributed by atoms with van der Waals surface area (Å²) >= 11 is 0. The number of carbonyl (C=O) groups is 3. The summed E-state index contributed by atoms with van der Waals surface area (Å²) in [6, 6.07) is 15.8. The predicted molar refractivity (Wildman–Crippen MR) is 185 cm³/mol. The fourth-order valence-corrected chi connectivity index (χ4v) is 5.90. The van der Waals surface area contributed by atoms with Gasteiger partial charge >= 0.3 is 12.1 Å². The minimum absolute atomic E-state index is 0.214. The summed E-state index contributed by atoms with van der Waals surface area (Å²) in [6.07, 6.45) is 0.837. The van der Waals surface area contributed by atoms with Gasteiger partial charge in [-0.15, -0.1) is 0 Å². The van der Waals surface area contributed by atoms with Crippen LogP contribution in [0, 0.1) is 5.92 Å². The summed E-state index contributed by atoms with van der Waals surface area (Å²) in [4.78, 5) is 46.2. The minimum Gasteiger partial charge on any atom is -0.497 e. The molecule has 0 spiro atoms. The fraction of sp³-hybridized carbons (Fsp3) is 0.514. The molecule has 11 heteroatoms. The van der Waals surface area contributed by atoms with Crippen molar-refractivity contribution in [1.82, 2.24) is 20.5 Å². The maximum atomic E-state index is 14.2. The van der Waals surface area contributed by atoms with Crippen LogP contribution in [0.1, 0.15) is 60.8 Å². The number of nitrogens with one attached hydrogen (secondary N) is 2. The number of aromatic nitrogens is 1. The zero-order valence-corrected chi connectivity index (χ0v) is 29.4. The zero-order chi connectivity index (χ0) is 35.0. The average molecular weight is 663 g/mol. The standard InChI is InChI=1S/C37H50N4O7/c1-9-13-29(35(43)46-8)38-21-25-18-27(22-41(25)34(42)33(23(2)3)40-36(44)48-37(4,5)6)47-32-20-30(24-14-11-10-12-15-24)39-31-19-26(45-7)16-17-28(31)32/h10-12,14-17,19-20,23,25,27,29,33,38H,9,13,18,21-22H2,1-8H3,(H,40,44)/t25-,27?,29-,33-/m0/s1. The predicted octanol–water partition coefficient (Wildman–Crippen LogP) is 5.74. The van der Waals surface area contributed by atoms with E-state index in [0.29, 0.717) is 30.9 Å². The minimum atomic E-state index is -0.827. The monoisotopic (exact) mass is 662 g/mol. The molecule has 0 radical (unpaired) electrons. The molecule has 11 nitrogen and oxygen atoms in total. The van der Waals surface area contributed by atoms with Crippen molar-refractivity contribution in [2.45, 2.75) is 90.6 Å². The molecule has 1 unspecified atom stereocenters. The number of pyridine rings is 1. The molecule has 48 heavy (non-hydrogen) atoms. The highest BCUT2D eigenvalue weighted by atomic mass is 16.6. The molecule has 1 aromatic heterocycles. The van der Waals surface area contributed by atoms with E-state index in [2.05, 4.69) is 10.6 Å². The van der Waals surface area contributed by atoms with Gasteiger partial charge in [-0.2, -0.15) is 0 Å². The second-order valence-corrected chi connectivity index (χ2v) is 13.5. The number of nitrogens with zero attached hydrogens (tertiary/aromatic N) is 2. The highest BCUT2D eigenvalue weighted by Crippen LogP contribution is 2.34. The summed E-state index contributed by atoms with van der Waals surface area (Å²) in [5.74, 6) is 0.513. The Labute approximate surface area is 283 Å². The molecule has 2 aromatic carbocycles. The Bertz CT molecular complexity index is 1560. The van der Waals surface area contributed by atoms with Crippen LogP contribution in [0.25, 0.3) is 22.2 Å². The molecule has 1 fully saturated rings. The van der Waals surface area contributed by atoms with Crippen molar-refractivity contribution < 1.29 is 33.3 Å². The maximum absolute atomic E-state index is 14.2. The molecule has 1 saturated heterocycles. The number of benzene rings is 2. The SMILES string of the molecule is CCC[C@H](NC[C@@H]1CC(Oc2cc(-c3ccccc3)nc3cc(OC)ccc23)CN1C(=O)[C@@H](NC(=O)OC(C)(C)C)C(C)C)C(=O)OC. The topological polar surface area (TPSA) is 128 Å². The van der Waals surface area contributed by atoms with Gasteiger partial charge in [0.25, 0.3) is 0 Å². The summed E-state index contributed by atoms with van der Waals surface area (Å²) < 4.78 is 22.7. The number of esters is 1. The van der Waals surface area contributed by atoms with Crippen LogP contribution < -0.4 is 20.1 Å². The Morgan fingerprint density at radius 1 is 1.04 bits per heavy atom. The van der Waals surface area contributed by atoms with Crippen molar-refractivity contribution in [2.24, 2.45) is 5.92 Å². The summed E-state index contributed by atoms with van der Waals surface area (Å²) in [6.45, 7) is 11.7. The Balaban J connectivity index is 1.66. The molecule has 2 amide bonds. The van der Waals surface area contributed by atoms with E-state index < -0.39 is 23.8 Å². The van der Waals surface area contributed by atoms with Crippen molar-refractivity contribution in [3.8, 4) is 22.8 Å². The van der Waals surface area contributed by atoms with E-state index in [4.69, 9.17) is 23.9 Å². The Hall–Kier alpha value is -4.38. The first-order valence-corrected chi connectivity index (χ1v) is 16.7. The molecule has 0 saturated carbocycles. The van der Waals surface area contributed by atoms with Crippen LogP contribution in [-0.4, -0.2) is 85.0 Å². The van der Waals surface area contributed by atoms with Crippen molar-refractivity contribution in [1.29, 1.82) is 0 Å². The van der Waals surface area contributed by atoms with Gasteiger partial charge in [-0.1, -0.05) is 57.5 Å². The van der Waals surface area contributed by atoms with Gasteiger partial charge < -0.3 is 34.5 Å². The number of hydrogen-bond acceptors (Lipinski definition) is 9. The average Bonchev–Trinajstić information content (AvgIpc) is 3.46. The lowest BCUT2D eigenvalue weighted by molar-refractivity contribution is -0.143. The van der Waals surface area contributed by atoms with E-state index in [1.165, 1.54) is 7.11 Å². The zero-order valence-electron chi connectivity index (χ0n) is 29.4. The number of likely N-dealkylation sites (tertiary alicyclic amines) is 1. The van der Waals surface area contributed by atoms with E-state index in [1.807, 2.05) is 75.4 Å². The summed E-state index contributed by atoms with van der Waals surface area (Å²) in [5, 5.41) is 6.95. The van der Waals surface area contributed by atoms with Crippen LogP contribution in [0.3, 0.4) is 0 Å². The fourth-order valence-electron chi connectivity index (χ4n) is 5.90. The Kier molecular flexibility index (Phi) is 12.3. The van der Waals surface area contributed by atoms with Crippen LogP contribution in [0.5, 0.6) is 11.5 Å². The third kappa shape index (κ3) is 9.37. The molecule has 1 aliphatic rings. The molecular weight excluding hydrogens is 612 g/mol. The maximum Gasteiger partial charge on any atom is 0.408 e. The lowest BCUT2D eigenvalue weighted by atomic mass is 10.0. The molecular formula is C37H50N4O7. The van der Waals surface area contributed by atoms with Crippen molar-refractivity contribution in [3.63, 3.8) is 0 Å². The smallest absolute Gasteiger partial charge is 0.408 e. The lowest BCUT2D eigenvalue weighted by Crippen LogP contribution is -2.55. The molecule has 3 aromatic rings. The molecule has 0 aliphatic carbocycles. The first kappa shape index (κ1) is 36.5. The number of methoxy groups -OCH3 is 2. The number of rotatable bonds is 13. The number of alkyl carbamates (subject to hydrolysis) is 1. The molecule has 0 bridgehead atoms.